The molecule has 2 saturated carbocycles. The molecule has 1 amide bonds. The number of benzene rings is 2. The van der Waals surface area contributed by atoms with Gasteiger partial charge in [0.25, 0.3) is 0 Å². The molecule has 6 atom stereocenters. The number of hydrogen-bond donors (Lipinski definition) is 2. The summed E-state index contributed by atoms with van der Waals surface area (Å²) >= 11 is 0. The number of likely N-dealkylation sites (N-methyl/N-ethyl adjacent to an activating group) is 2. The van der Waals surface area contributed by atoms with Gasteiger partial charge >= 0.3 is 0 Å². The first kappa shape index (κ1) is 25.0. The van der Waals surface area contributed by atoms with Gasteiger partial charge in [-0.05, 0) is 61.1 Å². The predicted molar refractivity (Wildman–Crippen MR) is 148 cm³/mol. The van der Waals surface area contributed by atoms with Gasteiger partial charge in [0.1, 0.15) is 23.5 Å². The largest absolute Gasteiger partial charge is 0.504 e. The van der Waals surface area contributed by atoms with Gasteiger partial charge in [0.05, 0.1) is 38.7 Å². The first-order valence-corrected chi connectivity index (χ1v) is 14.4. The van der Waals surface area contributed by atoms with E-state index in [1.54, 1.807) is 24.2 Å². The Labute approximate surface area is 230 Å². The number of aromatic hydroxyl groups is 1. The molecule has 206 valence electrons. The fourth-order valence-electron chi connectivity index (χ4n) is 8.72. The second kappa shape index (κ2) is 8.48. The van der Waals surface area contributed by atoms with E-state index in [4.69, 9.17) is 9.47 Å². The molecule has 2 aliphatic heterocycles. The second-order valence-electron chi connectivity index (χ2n) is 12.8. The summed E-state index contributed by atoms with van der Waals surface area (Å²) < 4.78 is 12.9. The maximum absolute atomic E-state index is 13.5. The summed E-state index contributed by atoms with van der Waals surface area (Å²) in [6.07, 6.45) is 8.45. The summed E-state index contributed by atoms with van der Waals surface area (Å²) in [7, 11) is 5.81. The molecule has 7 rings (SSSR count). The Balaban J connectivity index is 1.25. The van der Waals surface area contributed by atoms with Crippen molar-refractivity contribution in [2.45, 2.75) is 67.7 Å². The average Bonchev–Trinajstić information content (AvgIpc) is 3.66. The van der Waals surface area contributed by atoms with Crippen LogP contribution in [-0.2, 0) is 16.6 Å². The Kier molecular flexibility index (Phi) is 5.43. The van der Waals surface area contributed by atoms with Crippen molar-refractivity contribution in [2.75, 3.05) is 34.3 Å². The number of piperidine rings is 1. The Bertz CT molecular complexity index is 1370. The highest BCUT2D eigenvalue weighted by atomic mass is 16.5. The fraction of sp³-hybridized carbons (Fsp3) is 0.531. The lowest BCUT2D eigenvalue weighted by Crippen LogP contribution is -2.82. The summed E-state index contributed by atoms with van der Waals surface area (Å²) in [5.41, 5.74) is 1.51. The van der Waals surface area contributed by atoms with Crippen LogP contribution in [0, 0.1) is 5.92 Å². The lowest BCUT2D eigenvalue weighted by Gasteiger charge is -2.66. The molecule has 2 heterocycles. The predicted octanol–water partition coefficient (Wildman–Crippen LogP) is 3.65. The lowest BCUT2D eigenvalue weighted by molar-refractivity contribution is -0.950. The van der Waals surface area contributed by atoms with Gasteiger partial charge in [-0.1, -0.05) is 18.2 Å². The van der Waals surface area contributed by atoms with Crippen molar-refractivity contribution in [1.82, 2.24) is 4.90 Å². The van der Waals surface area contributed by atoms with Crippen LogP contribution in [0.1, 0.15) is 48.8 Å². The van der Waals surface area contributed by atoms with Crippen LogP contribution in [0.4, 0.5) is 0 Å². The third-order valence-electron chi connectivity index (χ3n) is 10.8. The maximum Gasteiger partial charge on any atom is 0.246 e. The molecule has 0 aromatic heterocycles. The van der Waals surface area contributed by atoms with E-state index in [2.05, 4.69) is 7.05 Å². The normalized spacial score (nSPS) is 35.8. The minimum Gasteiger partial charge on any atom is -0.504 e. The molecule has 2 N–H and O–H groups in total. The van der Waals surface area contributed by atoms with Gasteiger partial charge in [-0.3, -0.25) is 4.79 Å². The Morgan fingerprint density at radius 2 is 2.05 bits per heavy atom. The lowest BCUT2D eigenvalue weighted by atomic mass is 9.47. The van der Waals surface area contributed by atoms with Gasteiger partial charge in [-0.15, -0.1) is 0 Å². The third kappa shape index (κ3) is 3.45. The number of phenolic OH excluding ortho intramolecular Hbond substituents is 1. The molecule has 3 aliphatic carbocycles. The Hall–Kier alpha value is -3.03. The van der Waals surface area contributed by atoms with Crippen molar-refractivity contribution >= 4 is 12.0 Å². The summed E-state index contributed by atoms with van der Waals surface area (Å²) in [4.78, 5) is 15.3. The van der Waals surface area contributed by atoms with Crippen molar-refractivity contribution < 1.29 is 29.0 Å². The van der Waals surface area contributed by atoms with Crippen molar-refractivity contribution in [1.29, 1.82) is 0 Å². The van der Waals surface area contributed by atoms with E-state index in [0.29, 0.717) is 18.6 Å². The number of rotatable bonds is 6. The number of carbonyl (C=O) groups is 1. The number of methoxy groups -OCH3 is 1. The molecule has 2 aromatic carbocycles. The van der Waals surface area contributed by atoms with Gasteiger partial charge in [0.15, 0.2) is 11.5 Å². The third-order valence-corrected chi connectivity index (χ3v) is 10.8. The number of carbonyl (C=O) groups excluding carboxylic acids is 1. The fourth-order valence-corrected chi connectivity index (χ4v) is 8.72. The summed E-state index contributed by atoms with van der Waals surface area (Å²) in [6.45, 7) is 2.09. The van der Waals surface area contributed by atoms with Crippen LogP contribution >= 0.6 is 0 Å². The number of nitrogens with zero attached hydrogens (tertiary/aromatic N) is 2. The standard InChI is InChI=1S/C32H38N2O5/c1-33(27(36)12-9-20-5-4-6-23(17-20)38-3)24-13-14-32(37)26-18-22-10-11-25(35)29-28(22)31(32,30(24)39-29)15-16-34(26,2)19-21-7-8-21/h4-6,9-12,17,21,24,26,30,37H,7-8,13-16,18-19H2,1-3H3/p+1/b12-9+/t24-,26-,30+,31+,32-,34?/m1/s1. The molecule has 5 aliphatic rings. The van der Waals surface area contributed by atoms with Crippen molar-refractivity contribution in [3.8, 4) is 17.2 Å². The van der Waals surface area contributed by atoms with Crippen LogP contribution < -0.4 is 9.47 Å². The van der Waals surface area contributed by atoms with E-state index in [0.717, 1.165) is 53.2 Å². The second-order valence-corrected chi connectivity index (χ2v) is 12.8. The van der Waals surface area contributed by atoms with E-state index in [1.807, 2.05) is 43.5 Å². The molecule has 2 aromatic rings. The topological polar surface area (TPSA) is 79.2 Å². The SMILES string of the molecule is COc1cccc(/C=C/C(=O)N(C)[C@@H]2CC[C@@]3(O)[C@H]4Cc5ccc(O)c6c5[C@@]3(CC[N+]4(C)CC3CC3)[C@H]2O6)c1. The highest BCUT2D eigenvalue weighted by Crippen LogP contribution is 2.66. The quantitative estimate of drug-likeness (QED) is 0.440. The summed E-state index contributed by atoms with van der Waals surface area (Å²) in [5, 5.41) is 23.7. The molecule has 2 bridgehead atoms. The van der Waals surface area contributed by atoms with E-state index in [9.17, 15) is 15.0 Å². The monoisotopic (exact) mass is 531 g/mol. The van der Waals surface area contributed by atoms with Crippen LogP contribution in [0.2, 0.25) is 0 Å². The van der Waals surface area contributed by atoms with Gasteiger partial charge in [-0.2, -0.15) is 0 Å². The number of phenols is 1. The molecule has 1 unspecified atom stereocenters. The Morgan fingerprint density at radius 1 is 1.23 bits per heavy atom. The molecule has 39 heavy (non-hydrogen) atoms. The maximum atomic E-state index is 13.5. The highest BCUT2D eigenvalue weighted by Gasteiger charge is 2.76. The van der Waals surface area contributed by atoms with Crippen LogP contribution in [0.25, 0.3) is 6.08 Å². The molecular weight excluding hydrogens is 492 g/mol. The molecule has 1 spiro atoms. The molecule has 0 radical (unpaired) electrons. The van der Waals surface area contributed by atoms with Gasteiger partial charge in [0, 0.05) is 37.4 Å². The summed E-state index contributed by atoms with van der Waals surface area (Å²) in [6, 6.07) is 11.3. The molecule has 1 saturated heterocycles. The smallest absolute Gasteiger partial charge is 0.246 e. The van der Waals surface area contributed by atoms with Crippen LogP contribution in [0.3, 0.4) is 0 Å². The van der Waals surface area contributed by atoms with Gasteiger partial charge in [-0.25, -0.2) is 0 Å². The number of aliphatic hydroxyl groups is 1. The summed E-state index contributed by atoms with van der Waals surface area (Å²) in [5.74, 6) is 2.05. The minimum atomic E-state index is -0.942. The molecule has 7 nitrogen and oxygen atoms in total. The first-order chi connectivity index (χ1) is 18.7. The number of ether oxygens (including phenoxy) is 2. The number of amides is 1. The van der Waals surface area contributed by atoms with E-state index >= 15 is 0 Å². The van der Waals surface area contributed by atoms with Crippen LogP contribution in [0.5, 0.6) is 17.2 Å². The van der Waals surface area contributed by atoms with Gasteiger partial charge in [0.2, 0.25) is 5.91 Å². The van der Waals surface area contributed by atoms with E-state index in [-0.39, 0.29) is 23.7 Å². The van der Waals surface area contributed by atoms with Gasteiger partial charge < -0.3 is 29.1 Å². The highest BCUT2D eigenvalue weighted by molar-refractivity contribution is 5.92. The number of likely N-dealkylation sites (tertiary alicyclic amines) is 1. The molecule has 7 heteroatoms. The van der Waals surface area contributed by atoms with Crippen LogP contribution in [-0.4, -0.2) is 83.6 Å². The zero-order valence-electron chi connectivity index (χ0n) is 23.1. The molecular formula is C32H39N2O5+. The number of quaternary nitrogens is 1. The van der Waals surface area contributed by atoms with Crippen molar-refractivity contribution in [2.24, 2.45) is 5.92 Å². The zero-order chi connectivity index (χ0) is 27.2. The van der Waals surface area contributed by atoms with Crippen molar-refractivity contribution in [3.63, 3.8) is 0 Å². The Morgan fingerprint density at radius 3 is 2.82 bits per heavy atom. The zero-order valence-corrected chi connectivity index (χ0v) is 23.1. The molecule has 3 fully saturated rings. The number of hydrogen-bond acceptors (Lipinski definition) is 5. The minimum absolute atomic E-state index is 0.0795. The van der Waals surface area contributed by atoms with E-state index < -0.39 is 17.1 Å². The average molecular weight is 532 g/mol. The first-order valence-electron chi connectivity index (χ1n) is 14.4. The van der Waals surface area contributed by atoms with Crippen LogP contribution in [0.15, 0.2) is 42.5 Å². The van der Waals surface area contributed by atoms with E-state index in [1.165, 1.54) is 18.4 Å². The van der Waals surface area contributed by atoms with Crippen molar-refractivity contribution in [3.05, 3.63) is 59.2 Å².